The van der Waals surface area contributed by atoms with Crippen molar-refractivity contribution < 1.29 is 23.9 Å². The monoisotopic (exact) mass is 517 g/mol. The molecule has 3 aromatic rings. The average molecular weight is 518 g/mol. The van der Waals surface area contributed by atoms with E-state index < -0.39 is 11.9 Å². The van der Waals surface area contributed by atoms with Crippen LogP contribution in [-0.4, -0.2) is 44.9 Å². The third-order valence-corrected chi connectivity index (χ3v) is 7.18. The number of rotatable bonds is 11. The summed E-state index contributed by atoms with van der Waals surface area (Å²) >= 11 is 2.15. The van der Waals surface area contributed by atoms with Crippen LogP contribution in [0.1, 0.15) is 50.8 Å². The Hall–Kier alpha value is -3.38. The van der Waals surface area contributed by atoms with Crippen molar-refractivity contribution in [1.29, 1.82) is 0 Å². The number of nitrogens with zero attached hydrogens (tertiary/aromatic N) is 3. The third-order valence-electron chi connectivity index (χ3n) is 5.00. The molecule has 0 spiro atoms. The van der Waals surface area contributed by atoms with Gasteiger partial charge in [0.2, 0.25) is 5.91 Å². The van der Waals surface area contributed by atoms with Gasteiger partial charge in [-0.3, -0.25) is 9.59 Å². The molecule has 0 atom stereocenters. The molecule has 12 heteroatoms. The van der Waals surface area contributed by atoms with Crippen LogP contribution < -0.4 is 15.8 Å². The van der Waals surface area contributed by atoms with E-state index in [-0.39, 0.29) is 40.3 Å². The van der Waals surface area contributed by atoms with E-state index in [0.29, 0.717) is 23.1 Å². The van der Waals surface area contributed by atoms with Gasteiger partial charge >= 0.3 is 5.97 Å². The van der Waals surface area contributed by atoms with Crippen LogP contribution in [0.5, 0.6) is 5.75 Å². The van der Waals surface area contributed by atoms with Gasteiger partial charge in [0.15, 0.2) is 11.0 Å². The number of carbonyl (C=O) groups excluding carboxylic acids is 3. The van der Waals surface area contributed by atoms with Gasteiger partial charge in [0.1, 0.15) is 17.4 Å². The molecule has 0 radical (unpaired) electrons. The van der Waals surface area contributed by atoms with E-state index in [4.69, 9.17) is 15.2 Å². The van der Waals surface area contributed by atoms with E-state index in [0.717, 1.165) is 22.6 Å². The predicted molar refractivity (Wildman–Crippen MR) is 134 cm³/mol. The molecule has 0 aliphatic rings. The first kappa shape index (κ1) is 26.2. The molecule has 0 aliphatic carbocycles. The number of hydrogen-bond acceptors (Lipinski definition) is 9. The summed E-state index contributed by atoms with van der Waals surface area (Å²) in [6.07, 6.45) is 0. The molecule has 3 rings (SSSR count). The zero-order valence-electron chi connectivity index (χ0n) is 19.9. The standard InChI is InChI=1S/C23H27N5O5S2/c1-5-28-16(11-33-15-10-8-7-9-13(15)3)26-27-23(28)34-12-17(29)25-21-18(22(31)32-6-2)14(4)19(35-21)20(24)30/h7-10H,5-6,11-12H2,1-4H3,(H2,24,30)(H,25,29). The van der Waals surface area contributed by atoms with E-state index in [1.165, 1.54) is 11.8 Å². The van der Waals surface area contributed by atoms with E-state index >= 15 is 0 Å². The van der Waals surface area contributed by atoms with Crippen molar-refractivity contribution in [2.45, 2.75) is 46.0 Å². The third kappa shape index (κ3) is 6.20. The number of thiophene rings is 1. The molecule has 0 bridgehead atoms. The zero-order valence-corrected chi connectivity index (χ0v) is 21.5. The summed E-state index contributed by atoms with van der Waals surface area (Å²) in [6.45, 7) is 8.19. The number of nitrogens with two attached hydrogens (primary N) is 1. The van der Waals surface area contributed by atoms with Crippen molar-refractivity contribution in [3.05, 3.63) is 51.7 Å². The maximum atomic E-state index is 12.7. The van der Waals surface area contributed by atoms with Crippen LogP contribution in [0.3, 0.4) is 0 Å². The lowest BCUT2D eigenvalue weighted by Crippen LogP contribution is -2.17. The summed E-state index contributed by atoms with van der Waals surface area (Å²) in [5, 5.41) is 11.9. The van der Waals surface area contributed by atoms with Crippen molar-refractivity contribution in [2.75, 3.05) is 17.7 Å². The van der Waals surface area contributed by atoms with Gasteiger partial charge in [-0.25, -0.2) is 4.79 Å². The Bertz CT molecular complexity index is 1240. The van der Waals surface area contributed by atoms with Gasteiger partial charge in [-0.2, -0.15) is 0 Å². The number of hydrogen-bond donors (Lipinski definition) is 2. The van der Waals surface area contributed by atoms with Crippen LogP contribution in [0.25, 0.3) is 0 Å². The topological polar surface area (TPSA) is 138 Å². The molecule has 2 amide bonds. The van der Waals surface area contributed by atoms with E-state index in [1.807, 2.05) is 42.7 Å². The van der Waals surface area contributed by atoms with Crippen LogP contribution in [-0.2, 0) is 22.7 Å². The fourth-order valence-corrected chi connectivity index (χ4v) is 5.17. The number of carbonyl (C=O) groups is 3. The van der Waals surface area contributed by atoms with Crippen molar-refractivity contribution >= 4 is 45.9 Å². The van der Waals surface area contributed by atoms with Gasteiger partial charge in [0, 0.05) is 6.54 Å². The smallest absolute Gasteiger partial charge is 0.341 e. The Morgan fingerprint density at radius 3 is 2.57 bits per heavy atom. The van der Waals surface area contributed by atoms with Gasteiger partial charge < -0.3 is 25.1 Å². The molecule has 35 heavy (non-hydrogen) atoms. The Labute approximate surface area is 211 Å². The number of aromatic nitrogens is 3. The molecule has 0 fully saturated rings. The molecule has 10 nitrogen and oxygen atoms in total. The fraction of sp³-hybridized carbons (Fsp3) is 0.348. The SMILES string of the molecule is CCOC(=O)c1c(NC(=O)CSc2nnc(COc3ccccc3C)n2CC)sc(C(N)=O)c1C. The minimum atomic E-state index is -0.676. The van der Waals surface area contributed by atoms with Gasteiger partial charge in [0.25, 0.3) is 5.91 Å². The first-order chi connectivity index (χ1) is 16.8. The number of esters is 1. The molecule has 0 saturated heterocycles. The molecule has 0 saturated carbocycles. The molecule has 3 N–H and O–H groups in total. The molecule has 0 unspecified atom stereocenters. The number of benzene rings is 1. The molecular formula is C23H27N5O5S2. The normalized spacial score (nSPS) is 10.7. The maximum absolute atomic E-state index is 12.7. The summed E-state index contributed by atoms with van der Waals surface area (Å²) in [5.41, 5.74) is 6.95. The lowest BCUT2D eigenvalue weighted by molar-refractivity contribution is -0.113. The first-order valence-corrected chi connectivity index (χ1v) is 12.7. The summed E-state index contributed by atoms with van der Waals surface area (Å²) in [6, 6.07) is 7.71. The van der Waals surface area contributed by atoms with Crippen molar-refractivity contribution in [2.24, 2.45) is 5.73 Å². The summed E-state index contributed by atoms with van der Waals surface area (Å²) in [4.78, 5) is 37.0. The largest absolute Gasteiger partial charge is 0.485 e. The lowest BCUT2D eigenvalue weighted by atomic mass is 10.1. The predicted octanol–water partition coefficient (Wildman–Crippen LogP) is 3.56. The van der Waals surface area contributed by atoms with Crippen LogP contribution >= 0.6 is 23.1 Å². The Morgan fingerprint density at radius 2 is 1.91 bits per heavy atom. The summed E-state index contributed by atoms with van der Waals surface area (Å²) < 4.78 is 12.8. The van der Waals surface area contributed by atoms with Crippen LogP contribution in [0.15, 0.2) is 29.4 Å². The zero-order chi connectivity index (χ0) is 25.5. The number of primary amides is 1. The summed E-state index contributed by atoms with van der Waals surface area (Å²) in [5.74, 6) is -0.248. The number of amides is 2. The quantitative estimate of drug-likeness (QED) is 0.291. The van der Waals surface area contributed by atoms with E-state index in [9.17, 15) is 14.4 Å². The summed E-state index contributed by atoms with van der Waals surface area (Å²) in [7, 11) is 0. The number of para-hydroxylation sites is 1. The Kier molecular flexibility index (Phi) is 8.88. The first-order valence-electron chi connectivity index (χ1n) is 10.9. The highest BCUT2D eigenvalue weighted by atomic mass is 32.2. The second-order valence-electron chi connectivity index (χ2n) is 7.38. The lowest BCUT2D eigenvalue weighted by Gasteiger charge is -2.10. The maximum Gasteiger partial charge on any atom is 0.341 e. The second kappa shape index (κ2) is 11.8. The van der Waals surface area contributed by atoms with Gasteiger partial charge in [0.05, 0.1) is 22.8 Å². The minimum absolute atomic E-state index is 0.0158. The average Bonchev–Trinajstić information content (AvgIpc) is 3.37. The van der Waals surface area contributed by atoms with Gasteiger partial charge in [-0.1, -0.05) is 30.0 Å². The fourth-order valence-electron chi connectivity index (χ4n) is 3.29. The van der Waals surface area contributed by atoms with Gasteiger partial charge in [-0.05, 0) is 44.9 Å². The van der Waals surface area contributed by atoms with Crippen LogP contribution in [0.4, 0.5) is 5.00 Å². The number of anilines is 1. The number of ether oxygens (including phenoxy) is 2. The highest BCUT2D eigenvalue weighted by Crippen LogP contribution is 2.34. The van der Waals surface area contributed by atoms with Crippen molar-refractivity contribution in [3.63, 3.8) is 0 Å². The van der Waals surface area contributed by atoms with Crippen molar-refractivity contribution in [1.82, 2.24) is 14.8 Å². The highest BCUT2D eigenvalue weighted by Gasteiger charge is 2.26. The molecule has 2 heterocycles. The minimum Gasteiger partial charge on any atom is -0.485 e. The number of nitrogens with one attached hydrogen (secondary N) is 1. The second-order valence-corrected chi connectivity index (χ2v) is 9.34. The van der Waals surface area contributed by atoms with Crippen molar-refractivity contribution in [3.8, 4) is 5.75 Å². The number of aryl methyl sites for hydroxylation is 1. The van der Waals surface area contributed by atoms with Crippen LogP contribution in [0, 0.1) is 13.8 Å². The van der Waals surface area contributed by atoms with E-state index in [2.05, 4.69) is 15.5 Å². The number of thioether (sulfide) groups is 1. The molecular weight excluding hydrogens is 490 g/mol. The van der Waals surface area contributed by atoms with Crippen LogP contribution in [0.2, 0.25) is 0 Å². The Balaban J connectivity index is 1.68. The molecule has 1 aromatic carbocycles. The highest BCUT2D eigenvalue weighted by molar-refractivity contribution is 7.99. The Morgan fingerprint density at radius 1 is 1.17 bits per heavy atom. The van der Waals surface area contributed by atoms with E-state index in [1.54, 1.807) is 13.8 Å². The molecule has 0 aliphatic heterocycles. The van der Waals surface area contributed by atoms with Gasteiger partial charge in [-0.15, -0.1) is 21.5 Å². The molecule has 2 aromatic heterocycles. The molecule has 186 valence electrons.